The molecule has 0 fully saturated rings. The molecule has 0 aliphatic heterocycles. The normalized spacial score (nSPS) is 13.3. The number of carboxylic acids is 2. The lowest BCUT2D eigenvalue weighted by Gasteiger charge is -2.32. The van der Waals surface area contributed by atoms with Crippen molar-refractivity contribution in [2.24, 2.45) is 5.73 Å². The summed E-state index contributed by atoms with van der Waals surface area (Å²) >= 11 is 0. The average Bonchev–Trinajstić information content (AvgIpc) is 2.68. The number of carbonyl (C=O) groups is 3. The molecule has 2 aromatic carbocycles. The van der Waals surface area contributed by atoms with Gasteiger partial charge in [0.25, 0.3) is 0 Å². The first-order chi connectivity index (χ1) is 14.8. The van der Waals surface area contributed by atoms with Gasteiger partial charge in [-0.25, -0.2) is 9.59 Å². The van der Waals surface area contributed by atoms with E-state index in [1.165, 1.54) is 12.1 Å². The summed E-state index contributed by atoms with van der Waals surface area (Å²) in [7, 11) is 0. The number of aryl methyl sites for hydroxylation is 2. The van der Waals surface area contributed by atoms with Crippen molar-refractivity contribution in [3.05, 3.63) is 70.3 Å². The highest BCUT2D eigenvalue weighted by Crippen LogP contribution is 2.28. The minimum Gasteiger partial charge on any atom is -0.478 e. The van der Waals surface area contributed by atoms with Gasteiger partial charge < -0.3 is 20.7 Å². The third-order valence-electron chi connectivity index (χ3n) is 5.08. The van der Waals surface area contributed by atoms with Gasteiger partial charge in [0.1, 0.15) is 11.1 Å². The van der Waals surface area contributed by atoms with Crippen molar-refractivity contribution in [3.8, 4) is 0 Å². The number of benzene rings is 2. The highest BCUT2D eigenvalue weighted by molar-refractivity contribution is 5.97. The quantitative estimate of drug-likeness (QED) is 0.502. The summed E-state index contributed by atoms with van der Waals surface area (Å²) in [5, 5.41) is 19.4. The molecular formula is C25H31NO6. The third-order valence-corrected chi connectivity index (χ3v) is 5.08. The lowest BCUT2D eigenvalue weighted by Crippen LogP contribution is -2.53. The van der Waals surface area contributed by atoms with Gasteiger partial charge in [0.05, 0.1) is 11.1 Å². The van der Waals surface area contributed by atoms with E-state index >= 15 is 0 Å². The molecule has 0 heterocycles. The molecule has 0 bridgehead atoms. The first-order valence-corrected chi connectivity index (χ1v) is 10.5. The van der Waals surface area contributed by atoms with Gasteiger partial charge in [-0.2, -0.15) is 0 Å². The molecule has 0 aromatic heterocycles. The van der Waals surface area contributed by atoms with Gasteiger partial charge in [-0.3, -0.25) is 4.79 Å². The maximum Gasteiger partial charge on any atom is 0.335 e. The minimum atomic E-state index is -1.59. The first-order valence-electron chi connectivity index (χ1n) is 10.5. The second kappa shape index (κ2) is 9.96. The highest BCUT2D eigenvalue weighted by Gasteiger charge is 2.40. The van der Waals surface area contributed by atoms with Crippen LogP contribution in [0.4, 0.5) is 0 Å². The molecule has 2 rings (SSSR count). The molecule has 4 N–H and O–H groups in total. The average molecular weight is 442 g/mol. The van der Waals surface area contributed by atoms with Crippen LogP contribution in [0.1, 0.15) is 71.0 Å². The lowest BCUT2D eigenvalue weighted by molar-refractivity contribution is -0.162. The Morgan fingerprint density at radius 1 is 0.969 bits per heavy atom. The predicted molar refractivity (Wildman–Crippen MR) is 121 cm³/mol. The molecule has 0 spiro atoms. The van der Waals surface area contributed by atoms with Gasteiger partial charge in [0, 0.05) is 6.42 Å². The zero-order chi connectivity index (χ0) is 24.1. The van der Waals surface area contributed by atoms with Gasteiger partial charge >= 0.3 is 17.9 Å². The molecule has 7 nitrogen and oxygen atoms in total. The highest BCUT2D eigenvalue weighted by atomic mass is 16.6. The molecule has 0 radical (unpaired) electrons. The zero-order valence-electron chi connectivity index (χ0n) is 19.0. The van der Waals surface area contributed by atoms with Gasteiger partial charge in [-0.1, -0.05) is 30.3 Å². The van der Waals surface area contributed by atoms with Gasteiger partial charge in [-0.15, -0.1) is 0 Å². The summed E-state index contributed by atoms with van der Waals surface area (Å²) in [6.45, 7) is 6.76. The van der Waals surface area contributed by atoms with Crippen LogP contribution < -0.4 is 5.73 Å². The van der Waals surface area contributed by atoms with Crippen LogP contribution in [0.25, 0.3) is 0 Å². The van der Waals surface area contributed by atoms with E-state index in [4.69, 9.17) is 10.5 Å². The number of hydrogen-bond acceptors (Lipinski definition) is 5. The van der Waals surface area contributed by atoms with Gasteiger partial charge in [0.15, 0.2) is 0 Å². The van der Waals surface area contributed by atoms with E-state index in [1.54, 1.807) is 27.7 Å². The fourth-order valence-electron chi connectivity index (χ4n) is 3.60. The number of carboxylic acid groups (broad SMARTS) is 2. The van der Waals surface area contributed by atoms with Crippen LogP contribution in [0.15, 0.2) is 42.5 Å². The number of ether oxygens (including phenoxy) is 1. The number of esters is 1. The molecule has 1 unspecified atom stereocenters. The molecule has 1 atom stereocenters. The summed E-state index contributed by atoms with van der Waals surface area (Å²) in [5.41, 5.74) is 5.40. The second-order valence-electron chi connectivity index (χ2n) is 9.12. The van der Waals surface area contributed by atoms with Crippen molar-refractivity contribution in [1.29, 1.82) is 0 Å². The Kier molecular flexibility index (Phi) is 7.80. The van der Waals surface area contributed by atoms with Crippen molar-refractivity contribution >= 4 is 17.9 Å². The van der Waals surface area contributed by atoms with Crippen LogP contribution in [0.3, 0.4) is 0 Å². The number of rotatable bonds is 9. The molecule has 0 saturated heterocycles. The maximum atomic E-state index is 13.1. The molecule has 0 amide bonds. The zero-order valence-corrected chi connectivity index (χ0v) is 19.0. The van der Waals surface area contributed by atoms with Crippen molar-refractivity contribution in [2.75, 3.05) is 0 Å². The first kappa shape index (κ1) is 25.1. The van der Waals surface area contributed by atoms with E-state index in [0.717, 1.165) is 5.56 Å². The van der Waals surface area contributed by atoms with Crippen LogP contribution in [-0.4, -0.2) is 39.3 Å². The monoisotopic (exact) mass is 441 g/mol. The Labute approximate surface area is 188 Å². The van der Waals surface area contributed by atoms with E-state index in [-0.39, 0.29) is 29.5 Å². The smallest absolute Gasteiger partial charge is 0.335 e. The number of carbonyl (C=O) groups excluding carboxylic acids is 1. The van der Waals surface area contributed by atoms with Gasteiger partial charge in [-0.05, 0) is 75.8 Å². The fourth-order valence-corrected chi connectivity index (χ4v) is 3.60. The lowest BCUT2D eigenvalue weighted by atomic mass is 9.82. The summed E-state index contributed by atoms with van der Waals surface area (Å²) < 4.78 is 5.54. The standard InChI is InChI=1S/C25H31NO6/c1-16-13-18(21(27)28)20(19(14-16)22(29)30)15-25(26,23(31)32-24(2,3)4)12-8-11-17-9-6-5-7-10-17/h5-7,9-10,13-14H,8,11-12,15,26H2,1-4H3,(H,27,28)(H,29,30). The molecular weight excluding hydrogens is 410 g/mol. The molecule has 2 aromatic rings. The SMILES string of the molecule is Cc1cc(C(=O)O)c(CC(N)(CCCc2ccccc2)C(=O)OC(C)(C)C)c(C(=O)O)c1. The van der Waals surface area contributed by atoms with Crippen LogP contribution in [0.2, 0.25) is 0 Å². The fraction of sp³-hybridized carbons (Fsp3) is 0.400. The van der Waals surface area contributed by atoms with Crippen LogP contribution in [0.5, 0.6) is 0 Å². The van der Waals surface area contributed by atoms with E-state index < -0.39 is 29.0 Å². The van der Waals surface area contributed by atoms with Crippen LogP contribution >= 0.6 is 0 Å². The number of nitrogens with two attached hydrogens (primary N) is 1. The van der Waals surface area contributed by atoms with E-state index in [0.29, 0.717) is 18.4 Å². The van der Waals surface area contributed by atoms with Crippen molar-refractivity contribution in [2.45, 2.75) is 64.5 Å². The molecule has 0 saturated carbocycles. The largest absolute Gasteiger partial charge is 0.478 e. The van der Waals surface area contributed by atoms with E-state index in [9.17, 15) is 24.6 Å². The summed E-state index contributed by atoms with van der Waals surface area (Å²) in [6.07, 6.45) is 1.13. The third kappa shape index (κ3) is 6.65. The summed E-state index contributed by atoms with van der Waals surface area (Å²) in [6, 6.07) is 12.5. The van der Waals surface area contributed by atoms with Crippen molar-refractivity contribution < 1.29 is 29.3 Å². The molecule has 32 heavy (non-hydrogen) atoms. The van der Waals surface area contributed by atoms with E-state index in [2.05, 4.69) is 0 Å². The van der Waals surface area contributed by atoms with Crippen molar-refractivity contribution in [1.82, 2.24) is 0 Å². The second-order valence-corrected chi connectivity index (χ2v) is 9.12. The van der Waals surface area contributed by atoms with Crippen LogP contribution in [0, 0.1) is 6.92 Å². The molecule has 7 heteroatoms. The molecule has 172 valence electrons. The summed E-state index contributed by atoms with van der Waals surface area (Å²) in [4.78, 5) is 36.9. The maximum absolute atomic E-state index is 13.1. The van der Waals surface area contributed by atoms with Crippen molar-refractivity contribution in [3.63, 3.8) is 0 Å². The molecule has 0 aliphatic carbocycles. The van der Waals surface area contributed by atoms with Crippen LogP contribution in [-0.2, 0) is 22.4 Å². The Morgan fingerprint density at radius 2 is 1.50 bits per heavy atom. The Hall–Kier alpha value is -3.19. The topological polar surface area (TPSA) is 127 Å². The summed E-state index contributed by atoms with van der Waals surface area (Å²) in [5.74, 6) is -3.24. The molecule has 0 aliphatic rings. The Morgan fingerprint density at radius 3 is 1.97 bits per heavy atom. The predicted octanol–water partition coefficient (Wildman–Crippen LogP) is 4.00. The van der Waals surface area contributed by atoms with E-state index in [1.807, 2.05) is 30.3 Å². The van der Waals surface area contributed by atoms with Gasteiger partial charge in [0.2, 0.25) is 0 Å². The Bertz CT molecular complexity index is 958. The minimum absolute atomic E-state index is 0.0173. The number of hydrogen-bond donors (Lipinski definition) is 3. The Balaban J connectivity index is 2.45. The number of aromatic carboxylic acids is 2.